The molecular formula is C12H13FN2. The summed E-state index contributed by atoms with van der Waals surface area (Å²) in [4.78, 5) is 3.98. The van der Waals surface area contributed by atoms with Crippen LogP contribution in [0.15, 0.2) is 47.6 Å². The molecule has 0 aromatic heterocycles. The highest BCUT2D eigenvalue weighted by molar-refractivity contribution is 5.79. The Labute approximate surface area is 88.6 Å². The van der Waals surface area contributed by atoms with E-state index in [0.717, 1.165) is 0 Å². The second-order valence-corrected chi connectivity index (χ2v) is 3.12. The van der Waals surface area contributed by atoms with Gasteiger partial charge in [-0.1, -0.05) is 18.7 Å². The Morgan fingerprint density at radius 2 is 2.13 bits per heavy atom. The van der Waals surface area contributed by atoms with Crippen LogP contribution < -0.4 is 5.73 Å². The molecule has 1 aromatic rings. The molecule has 0 aliphatic rings. The third-order valence-corrected chi connectivity index (χ3v) is 1.75. The Balaban J connectivity index is 2.83. The molecule has 0 heterocycles. The average molecular weight is 204 g/mol. The fourth-order valence-electron chi connectivity index (χ4n) is 1.01. The van der Waals surface area contributed by atoms with Gasteiger partial charge >= 0.3 is 0 Å². The number of nitrogens with two attached hydrogens (primary N) is 1. The molecule has 0 saturated heterocycles. The van der Waals surface area contributed by atoms with Crippen molar-refractivity contribution in [1.29, 1.82) is 0 Å². The zero-order chi connectivity index (χ0) is 11.3. The van der Waals surface area contributed by atoms with E-state index in [1.807, 2.05) is 0 Å². The number of allylic oxidation sites excluding steroid dienone is 2. The summed E-state index contributed by atoms with van der Waals surface area (Å²) in [7, 11) is 0. The minimum Gasteiger partial charge on any atom is -0.402 e. The van der Waals surface area contributed by atoms with E-state index in [1.54, 1.807) is 31.2 Å². The van der Waals surface area contributed by atoms with Gasteiger partial charge in [0.25, 0.3) is 0 Å². The maximum atomic E-state index is 13.3. The van der Waals surface area contributed by atoms with Crippen molar-refractivity contribution in [1.82, 2.24) is 0 Å². The Hall–Kier alpha value is -1.90. The highest BCUT2D eigenvalue weighted by Gasteiger charge is 2.01. The van der Waals surface area contributed by atoms with Gasteiger partial charge in [0.05, 0.1) is 5.70 Å². The second-order valence-electron chi connectivity index (χ2n) is 3.12. The molecule has 0 aliphatic heterocycles. The zero-order valence-corrected chi connectivity index (χ0v) is 8.57. The van der Waals surface area contributed by atoms with Gasteiger partial charge in [0.1, 0.15) is 5.82 Å². The van der Waals surface area contributed by atoms with E-state index in [1.165, 1.54) is 12.3 Å². The zero-order valence-electron chi connectivity index (χ0n) is 8.57. The predicted molar refractivity (Wildman–Crippen MR) is 61.9 cm³/mol. The molecule has 15 heavy (non-hydrogen) atoms. The summed E-state index contributed by atoms with van der Waals surface area (Å²) in [6.45, 7) is 5.42. The predicted octanol–water partition coefficient (Wildman–Crippen LogP) is 2.73. The lowest BCUT2D eigenvalue weighted by molar-refractivity contribution is 0.624. The van der Waals surface area contributed by atoms with E-state index in [2.05, 4.69) is 11.6 Å². The van der Waals surface area contributed by atoms with Gasteiger partial charge in [-0.2, -0.15) is 0 Å². The first-order chi connectivity index (χ1) is 7.11. The summed E-state index contributed by atoms with van der Waals surface area (Å²) in [5, 5.41) is 0. The van der Waals surface area contributed by atoms with Crippen molar-refractivity contribution in [2.75, 3.05) is 0 Å². The Bertz CT molecular complexity index is 415. The number of hydrogen-bond donors (Lipinski definition) is 1. The number of benzene rings is 1. The molecular weight excluding hydrogens is 191 g/mol. The first-order valence-electron chi connectivity index (χ1n) is 4.51. The van der Waals surface area contributed by atoms with Gasteiger partial charge in [0, 0.05) is 17.5 Å². The van der Waals surface area contributed by atoms with Crippen molar-refractivity contribution in [3.05, 3.63) is 54.0 Å². The SMILES string of the molecule is C=C(N=C/C=C(/C)N)c1ccccc1F. The third kappa shape index (κ3) is 3.38. The molecule has 2 N–H and O–H groups in total. The maximum Gasteiger partial charge on any atom is 0.132 e. The van der Waals surface area contributed by atoms with Crippen LogP contribution in [0.2, 0.25) is 0 Å². The van der Waals surface area contributed by atoms with Crippen LogP contribution >= 0.6 is 0 Å². The summed E-state index contributed by atoms with van der Waals surface area (Å²) < 4.78 is 13.3. The summed E-state index contributed by atoms with van der Waals surface area (Å²) in [5.41, 5.74) is 6.83. The number of hydrogen-bond acceptors (Lipinski definition) is 2. The van der Waals surface area contributed by atoms with Gasteiger partial charge in [0.2, 0.25) is 0 Å². The molecule has 0 unspecified atom stereocenters. The molecule has 0 amide bonds. The van der Waals surface area contributed by atoms with Crippen LogP contribution in [0.3, 0.4) is 0 Å². The molecule has 0 spiro atoms. The van der Waals surface area contributed by atoms with Gasteiger partial charge in [-0.05, 0) is 25.1 Å². The van der Waals surface area contributed by atoms with E-state index in [4.69, 9.17) is 5.73 Å². The molecule has 3 heteroatoms. The van der Waals surface area contributed by atoms with Crippen molar-refractivity contribution in [2.24, 2.45) is 10.7 Å². The number of aliphatic imine (C=N–C) groups is 1. The lowest BCUT2D eigenvalue weighted by atomic mass is 10.2. The van der Waals surface area contributed by atoms with Crippen molar-refractivity contribution in [3.63, 3.8) is 0 Å². The molecule has 0 radical (unpaired) electrons. The normalized spacial score (nSPS) is 12.0. The summed E-state index contributed by atoms with van der Waals surface area (Å²) in [6.07, 6.45) is 3.14. The maximum absolute atomic E-state index is 13.3. The van der Waals surface area contributed by atoms with Crippen molar-refractivity contribution < 1.29 is 4.39 Å². The van der Waals surface area contributed by atoms with E-state index in [0.29, 0.717) is 17.0 Å². The molecule has 0 aliphatic carbocycles. The molecule has 1 rings (SSSR count). The van der Waals surface area contributed by atoms with Gasteiger partial charge in [-0.25, -0.2) is 4.39 Å². The lowest BCUT2D eigenvalue weighted by Crippen LogP contribution is -1.90. The van der Waals surface area contributed by atoms with E-state index in [-0.39, 0.29) is 5.82 Å². The molecule has 0 saturated carbocycles. The van der Waals surface area contributed by atoms with E-state index >= 15 is 0 Å². The minimum absolute atomic E-state index is 0.326. The van der Waals surface area contributed by atoms with Crippen molar-refractivity contribution in [3.8, 4) is 0 Å². The largest absolute Gasteiger partial charge is 0.402 e. The average Bonchev–Trinajstić information content (AvgIpc) is 2.17. The smallest absolute Gasteiger partial charge is 0.132 e. The summed E-state index contributed by atoms with van der Waals surface area (Å²) in [5.74, 6) is -0.326. The van der Waals surface area contributed by atoms with Crippen LogP contribution in [-0.2, 0) is 0 Å². The fourth-order valence-corrected chi connectivity index (χ4v) is 1.01. The first-order valence-corrected chi connectivity index (χ1v) is 4.51. The topological polar surface area (TPSA) is 38.4 Å². The van der Waals surface area contributed by atoms with Crippen LogP contribution in [-0.4, -0.2) is 6.21 Å². The highest BCUT2D eigenvalue weighted by atomic mass is 19.1. The molecule has 0 atom stereocenters. The van der Waals surface area contributed by atoms with Crippen molar-refractivity contribution in [2.45, 2.75) is 6.92 Å². The first kappa shape index (κ1) is 11.2. The van der Waals surface area contributed by atoms with Gasteiger partial charge in [-0.15, -0.1) is 0 Å². The molecule has 0 bridgehead atoms. The van der Waals surface area contributed by atoms with Gasteiger partial charge < -0.3 is 5.73 Å². The van der Waals surface area contributed by atoms with Crippen molar-refractivity contribution >= 4 is 11.9 Å². The van der Waals surface area contributed by atoms with Crippen LogP contribution in [0.5, 0.6) is 0 Å². The lowest BCUT2D eigenvalue weighted by Gasteiger charge is -2.00. The summed E-state index contributed by atoms with van der Waals surface area (Å²) in [6, 6.07) is 6.37. The van der Waals surface area contributed by atoms with Crippen LogP contribution in [0.25, 0.3) is 5.70 Å². The van der Waals surface area contributed by atoms with Gasteiger partial charge in [-0.3, -0.25) is 4.99 Å². The quantitative estimate of drug-likeness (QED) is 0.755. The monoisotopic (exact) mass is 204 g/mol. The van der Waals surface area contributed by atoms with E-state index < -0.39 is 0 Å². The van der Waals surface area contributed by atoms with E-state index in [9.17, 15) is 4.39 Å². The Morgan fingerprint density at radius 3 is 2.73 bits per heavy atom. The summed E-state index contributed by atoms with van der Waals surface area (Å²) >= 11 is 0. The third-order valence-electron chi connectivity index (χ3n) is 1.75. The van der Waals surface area contributed by atoms with Gasteiger partial charge in [0.15, 0.2) is 0 Å². The highest BCUT2D eigenvalue weighted by Crippen LogP contribution is 2.16. The minimum atomic E-state index is -0.326. The molecule has 78 valence electrons. The number of rotatable bonds is 3. The van der Waals surface area contributed by atoms with Crippen LogP contribution in [0, 0.1) is 5.82 Å². The molecule has 1 aromatic carbocycles. The van der Waals surface area contributed by atoms with Crippen LogP contribution in [0.4, 0.5) is 4.39 Å². The van der Waals surface area contributed by atoms with Crippen LogP contribution in [0.1, 0.15) is 12.5 Å². The molecule has 0 fully saturated rings. The fraction of sp³-hybridized carbons (Fsp3) is 0.0833. The Morgan fingerprint density at radius 1 is 1.47 bits per heavy atom. The standard InChI is InChI=1S/C12H13FN2/c1-9(14)7-8-15-10(2)11-5-3-4-6-12(11)13/h3-8H,2,14H2,1H3/b9-7-,15-8?. The molecule has 2 nitrogen and oxygen atoms in total. The second kappa shape index (κ2) is 5.10. The Kier molecular flexibility index (Phi) is 3.80. The number of nitrogens with zero attached hydrogens (tertiary/aromatic N) is 1. The number of halogens is 1.